The number of aromatic nitrogens is 2. The molecule has 3 nitrogen and oxygen atoms in total. The van der Waals surface area contributed by atoms with Crippen molar-refractivity contribution in [2.75, 3.05) is 6.54 Å². The van der Waals surface area contributed by atoms with Crippen LogP contribution in [0.2, 0.25) is 0 Å². The molecule has 0 aliphatic heterocycles. The predicted molar refractivity (Wildman–Crippen MR) is 88.4 cm³/mol. The van der Waals surface area contributed by atoms with Crippen molar-refractivity contribution in [2.45, 2.75) is 52.6 Å². The Labute approximate surface area is 128 Å². The van der Waals surface area contributed by atoms with E-state index in [1.165, 1.54) is 16.7 Å². The van der Waals surface area contributed by atoms with E-state index in [4.69, 9.17) is 0 Å². The third-order valence-electron chi connectivity index (χ3n) is 3.80. The number of hydrogen-bond donors (Lipinski definition) is 1. The van der Waals surface area contributed by atoms with Crippen molar-refractivity contribution in [3.8, 4) is 0 Å². The molecule has 0 fully saturated rings. The van der Waals surface area contributed by atoms with Crippen molar-refractivity contribution in [1.82, 2.24) is 15.1 Å². The van der Waals surface area contributed by atoms with E-state index in [1.807, 2.05) is 10.9 Å². The SMILES string of the molecule is CCCn1cc(C(CCc2ccc(C)cc2)NCC)cn1. The van der Waals surface area contributed by atoms with Gasteiger partial charge in [0, 0.05) is 24.3 Å². The highest BCUT2D eigenvalue weighted by atomic mass is 15.3. The molecule has 0 aliphatic rings. The van der Waals surface area contributed by atoms with Gasteiger partial charge in [0.05, 0.1) is 6.20 Å². The minimum absolute atomic E-state index is 0.391. The molecule has 0 saturated carbocycles. The molecule has 1 atom stereocenters. The van der Waals surface area contributed by atoms with E-state index in [1.54, 1.807) is 0 Å². The molecule has 21 heavy (non-hydrogen) atoms. The molecule has 0 spiro atoms. The molecule has 1 unspecified atom stereocenters. The van der Waals surface area contributed by atoms with E-state index < -0.39 is 0 Å². The zero-order valence-corrected chi connectivity index (χ0v) is 13.5. The molecule has 2 aromatic rings. The highest BCUT2D eigenvalue weighted by molar-refractivity contribution is 5.22. The first-order valence-electron chi connectivity index (χ1n) is 8.04. The molecular formula is C18H27N3. The van der Waals surface area contributed by atoms with Crippen LogP contribution in [0.1, 0.15) is 49.4 Å². The largest absolute Gasteiger partial charge is 0.310 e. The maximum atomic E-state index is 4.45. The number of nitrogens with zero attached hydrogens (tertiary/aromatic N) is 2. The summed E-state index contributed by atoms with van der Waals surface area (Å²) in [5.74, 6) is 0. The number of benzene rings is 1. The van der Waals surface area contributed by atoms with Crippen molar-refractivity contribution in [2.24, 2.45) is 0 Å². The number of nitrogens with one attached hydrogen (secondary N) is 1. The number of hydrogen-bond acceptors (Lipinski definition) is 2. The minimum atomic E-state index is 0.391. The Morgan fingerprint density at radius 2 is 1.95 bits per heavy atom. The van der Waals surface area contributed by atoms with Crippen LogP contribution in [-0.2, 0) is 13.0 Å². The molecule has 2 rings (SSSR count). The van der Waals surface area contributed by atoms with E-state index in [-0.39, 0.29) is 0 Å². The maximum Gasteiger partial charge on any atom is 0.0537 e. The van der Waals surface area contributed by atoms with E-state index in [0.29, 0.717) is 6.04 Å². The molecule has 0 saturated heterocycles. The first-order valence-corrected chi connectivity index (χ1v) is 8.04. The van der Waals surface area contributed by atoms with Gasteiger partial charge < -0.3 is 5.32 Å². The summed E-state index contributed by atoms with van der Waals surface area (Å²) < 4.78 is 2.05. The third-order valence-corrected chi connectivity index (χ3v) is 3.80. The molecule has 114 valence electrons. The zero-order valence-electron chi connectivity index (χ0n) is 13.5. The molecule has 1 aromatic heterocycles. The smallest absolute Gasteiger partial charge is 0.0537 e. The van der Waals surface area contributed by atoms with E-state index in [0.717, 1.165) is 32.4 Å². The van der Waals surface area contributed by atoms with Gasteiger partial charge in [-0.3, -0.25) is 4.68 Å². The van der Waals surface area contributed by atoms with Crippen LogP contribution in [0.3, 0.4) is 0 Å². The monoisotopic (exact) mass is 285 g/mol. The maximum absolute atomic E-state index is 4.45. The van der Waals surface area contributed by atoms with Gasteiger partial charge in [0.15, 0.2) is 0 Å². The van der Waals surface area contributed by atoms with Crippen LogP contribution in [0, 0.1) is 6.92 Å². The summed E-state index contributed by atoms with van der Waals surface area (Å²) in [7, 11) is 0. The number of aryl methyl sites for hydroxylation is 3. The van der Waals surface area contributed by atoms with Crippen LogP contribution in [-0.4, -0.2) is 16.3 Å². The fraction of sp³-hybridized carbons (Fsp3) is 0.500. The minimum Gasteiger partial charge on any atom is -0.310 e. The average Bonchev–Trinajstić information content (AvgIpc) is 2.94. The Morgan fingerprint density at radius 3 is 2.62 bits per heavy atom. The van der Waals surface area contributed by atoms with Crippen LogP contribution in [0.15, 0.2) is 36.7 Å². The Kier molecular flexibility index (Phi) is 6.00. The first-order chi connectivity index (χ1) is 10.2. The Balaban J connectivity index is 1.99. The van der Waals surface area contributed by atoms with Gasteiger partial charge in [0.1, 0.15) is 0 Å². The summed E-state index contributed by atoms with van der Waals surface area (Å²) >= 11 is 0. The Morgan fingerprint density at radius 1 is 1.19 bits per heavy atom. The second kappa shape index (κ2) is 7.99. The molecule has 0 radical (unpaired) electrons. The van der Waals surface area contributed by atoms with Crippen molar-refractivity contribution in [3.05, 3.63) is 53.3 Å². The Hall–Kier alpha value is -1.61. The Bertz CT molecular complexity index is 528. The molecule has 0 amide bonds. The van der Waals surface area contributed by atoms with Crippen molar-refractivity contribution in [3.63, 3.8) is 0 Å². The lowest BCUT2D eigenvalue weighted by Gasteiger charge is -2.16. The van der Waals surface area contributed by atoms with Crippen LogP contribution in [0.25, 0.3) is 0 Å². The number of rotatable bonds is 8. The topological polar surface area (TPSA) is 29.9 Å². The quantitative estimate of drug-likeness (QED) is 0.797. The molecule has 3 heteroatoms. The standard InChI is InChI=1S/C18H27N3/c1-4-12-21-14-17(13-20-21)18(19-5-2)11-10-16-8-6-15(3)7-9-16/h6-9,13-14,18-19H,4-5,10-12H2,1-3H3. The summed E-state index contributed by atoms with van der Waals surface area (Å²) in [5.41, 5.74) is 4.03. The van der Waals surface area contributed by atoms with Gasteiger partial charge in [0.2, 0.25) is 0 Å². The molecule has 0 aliphatic carbocycles. The van der Waals surface area contributed by atoms with Gasteiger partial charge >= 0.3 is 0 Å². The zero-order chi connectivity index (χ0) is 15.1. The van der Waals surface area contributed by atoms with Crippen LogP contribution >= 0.6 is 0 Å². The second-order valence-electron chi connectivity index (χ2n) is 5.67. The molecule has 1 aromatic carbocycles. The summed E-state index contributed by atoms with van der Waals surface area (Å²) in [5, 5.41) is 8.03. The fourth-order valence-corrected chi connectivity index (χ4v) is 2.61. The highest BCUT2D eigenvalue weighted by Crippen LogP contribution is 2.19. The second-order valence-corrected chi connectivity index (χ2v) is 5.67. The third kappa shape index (κ3) is 4.71. The lowest BCUT2D eigenvalue weighted by molar-refractivity contribution is 0.514. The lowest BCUT2D eigenvalue weighted by atomic mass is 10.0. The summed E-state index contributed by atoms with van der Waals surface area (Å²) in [6.45, 7) is 8.46. The van der Waals surface area contributed by atoms with E-state index in [9.17, 15) is 0 Å². The summed E-state index contributed by atoms with van der Waals surface area (Å²) in [6, 6.07) is 9.24. The van der Waals surface area contributed by atoms with E-state index in [2.05, 4.69) is 61.6 Å². The van der Waals surface area contributed by atoms with Gasteiger partial charge in [0.25, 0.3) is 0 Å². The lowest BCUT2D eigenvalue weighted by Crippen LogP contribution is -2.21. The fourth-order valence-electron chi connectivity index (χ4n) is 2.61. The highest BCUT2D eigenvalue weighted by Gasteiger charge is 2.12. The van der Waals surface area contributed by atoms with Crippen LogP contribution in [0.4, 0.5) is 0 Å². The van der Waals surface area contributed by atoms with Crippen molar-refractivity contribution in [1.29, 1.82) is 0 Å². The molecular weight excluding hydrogens is 258 g/mol. The van der Waals surface area contributed by atoms with Crippen molar-refractivity contribution >= 4 is 0 Å². The van der Waals surface area contributed by atoms with Crippen molar-refractivity contribution < 1.29 is 0 Å². The molecule has 1 heterocycles. The van der Waals surface area contributed by atoms with Gasteiger partial charge in [-0.15, -0.1) is 0 Å². The van der Waals surface area contributed by atoms with Gasteiger partial charge in [-0.25, -0.2) is 0 Å². The average molecular weight is 285 g/mol. The normalized spacial score (nSPS) is 12.5. The predicted octanol–water partition coefficient (Wildman–Crippen LogP) is 3.88. The van der Waals surface area contributed by atoms with Gasteiger partial charge in [-0.1, -0.05) is 43.7 Å². The van der Waals surface area contributed by atoms with Gasteiger partial charge in [-0.05, 0) is 38.3 Å². The van der Waals surface area contributed by atoms with Crippen LogP contribution in [0.5, 0.6) is 0 Å². The van der Waals surface area contributed by atoms with Crippen LogP contribution < -0.4 is 5.32 Å². The first kappa shape index (κ1) is 15.8. The molecule has 0 bridgehead atoms. The van der Waals surface area contributed by atoms with E-state index >= 15 is 0 Å². The summed E-state index contributed by atoms with van der Waals surface area (Å²) in [6.07, 6.45) is 7.52. The van der Waals surface area contributed by atoms with Gasteiger partial charge in [-0.2, -0.15) is 5.10 Å². The summed E-state index contributed by atoms with van der Waals surface area (Å²) in [4.78, 5) is 0. The molecule has 1 N–H and O–H groups in total.